The Hall–Kier alpha value is -0.0100. The van der Waals surface area contributed by atoms with E-state index in [-0.39, 0.29) is 0 Å². The molecule has 0 aromatic heterocycles. The standard InChI is InChI=1S/C13H24ClN/c1-11(9-14)10-15(4)12-5-7-13(2,3)8-6-12/h12H,1,5-10H2,2-4H3. The zero-order chi connectivity index (χ0) is 11.5. The number of hydrogen-bond donors (Lipinski definition) is 0. The highest BCUT2D eigenvalue weighted by molar-refractivity contribution is 6.19. The molecule has 0 amide bonds. The number of hydrogen-bond acceptors (Lipinski definition) is 1. The van der Waals surface area contributed by atoms with Crippen LogP contribution in [0.2, 0.25) is 0 Å². The molecule has 0 spiro atoms. The summed E-state index contributed by atoms with van der Waals surface area (Å²) in [6, 6.07) is 0.734. The van der Waals surface area contributed by atoms with Gasteiger partial charge in [-0.15, -0.1) is 11.6 Å². The molecular weight excluding hydrogens is 206 g/mol. The van der Waals surface area contributed by atoms with E-state index in [1.54, 1.807) is 0 Å². The van der Waals surface area contributed by atoms with E-state index in [9.17, 15) is 0 Å². The van der Waals surface area contributed by atoms with Crippen LogP contribution in [0.25, 0.3) is 0 Å². The first-order valence-corrected chi connectivity index (χ1v) is 6.41. The Labute approximate surface area is 99.5 Å². The zero-order valence-corrected chi connectivity index (χ0v) is 11.1. The lowest BCUT2D eigenvalue weighted by Crippen LogP contribution is -2.38. The maximum atomic E-state index is 5.75. The second-order valence-corrected chi connectivity index (χ2v) is 5.96. The Morgan fingerprint density at radius 3 is 2.40 bits per heavy atom. The summed E-state index contributed by atoms with van der Waals surface area (Å²) < 4.78 is 0. The number of halogens is 1. The largest absolute Gasteiger partial charge is 0.299 e. The van der Waals surface area contributed by atoms with Crippen molar-refractivity contribution in [2.45, 2.75) is 45.6 Å². The van der Waals surface area contributed by atoms with Crippen LogP contribution in [0.5, 0.6) is 0 Å². The third kappa shape index (κ3) is 4.16. The van der Waals surface area contributed by atoms with Gasteiger partial charge in [-0.1, -0.05) is 20.4 Å². The van der Waals surface area contributed by atoms with Gasteiger partial charge in [-0.05, 0) is 43.7 Å². The molecule has 1 aliphatic rings. The first-order chi connectivity index (χ1) is 6.94. The summed E-state index contributed by atoms with van der Waals surface area (Å²) in [5, 5.41) is 0. The summed E-state index contributed by atoms with van der Waals surface area (Å²) in [5.74, 6) is 0.586. The van der Waals surface area contributed by atoms with Crippen LogP contribution >= 0.6 is 11.6 Å². The van der Waals surface area contributed by atoms with E-state index in [1.165, 1.54) is 25.7 Å². The second-order valence-electron chi connectivity index (χ2n) is 5.69. The summed E-state index contributed by atoms with van der Waals surface area (Å²) in [7, 11) is 2.20. The van der Waals surface area contributed by atoms with Crippen LogP contribution in [0, 0.1) is 5.41 Å². The van der Waals surface area contributed by atoms with Gasteiger partial charge in [-0.2, -0.15) is 0 Å². The molecule has 1 aliphatic carbocycles. The van der Waals surface area contributed by atoms with Crippen LogP contribution in [0.15, 0.2) is 12.2 Å². The molecule has 0 aliphatic heterocycles. The van der Waals surface area contributed by atoms with Gasteiger partial charge in [0.2, 0.25) is 0 Å². The fourth-order valence-electron chi connectivity index (χ4n) is 2.35. The van der Waals surface area contributed by atoms with Gasteiger partial charge in [0.1, 0.15) is 0 Å². The predicted molar refractivity (Wildman–Crippen MR) is 68.5 cm³/mol. The molecule has 1 nitrogen and oxygen atoms in total. The van der Waals surface area contributed by atoms with Crippen LogP contribution in [0.3, 0.4) is 0 Å². The lowest BCUT2D eigenvalue weighted by atomic mass is 9.75. The number of nitrogens with zero attached hydrogens (tertiary/aromatic N) is 1. The predicted octanol–water partition coefficient (Wildman–Crippen LogP) is 3.68. The summed E-state index contributed by atoms with van der Waals surface area (Å²) in [4.78, 5) is 2.42. The normalized spacial score (nSPS) is 21.9. The van der Waals surface area contributed by atoms with Gasteiger partial charge in [-0.25, -0.2) is 0 Å². The van der Waals surface area contributed by atoms with Crippen LogP contribution < -0.4 is 0 Å². The monoisotopic (exact) mass is 229 g/mol. The smallest absolute Gasteiger partial charge is 0.0443 e. The third-order valence-corrected chi connectivity index (χ3v) is 3.97. The van der Waals surface area contributed by atoms with Gasteiger partial charge in [0.15, 0.2) is 0 Å². The Kier molecular flexibility index (Phi) is 4.66. The van der Waals surface area contributed by atoms with Crippen molar-refractivity contribution in [3.8, 4) is 0 Å². The van der Waals surface area contributed by atoms with Crippen molar-refractivity contribution in [3.05, 3.63) is 12.2 Å². The number of rotatable bonds is 4. The highest BCUT2D eigenvalue weighted by Crippen LogP contribution is 2.36. The summed E-state index contributed by atoms with van der Waals surface area (Å²) in [5.41, 5.74) is 1.69. The van der Waals surface area contributed by atoms with Crippen molar-refractivity contribution in [3.63, 3.8) is 0 Å². The zero-order valence-electron chi connectivity index (χ0n) is 10.4. The molecule has 0 aromatic rings. The molecule has 1 saturated carbocycles. The van der Waals surface area contributed by atoms with Gasteiger partial charge < -0.3 is 0 Å². The van der Waals surface area contributed by atoms with E-state index in [1.807, 2.05) is 0 Å². The van der Waals surface area contributed by atoms with Crippen molar-refractivity contribution in [1.29, 1.82) is 0 Å². The van der Waals surface area contributed by atoms with E-state index < -0.39 is 0 Å². The topological polar surface area (TPSA) is 3.24 Å². The molecule has 2 heteroatoms. The van der Waals surface area contributed by atoms with Crippen molar-refractivity contribution in [2.24, 2.45) is 5.41 Å². The van der Waals surface area contributed by atoms with E-state index >= 15 is 0 Å². The van der Waals surface area contributed by atoms with Crippen molar-refractivity contribution >= 4 is 11.6 Å². The van der Waals surface area contributed by atoms with Crippen LogP contribution in [0.4, 0.5) is 0 Å². The van der Waals surface area contributed by atoms with Gasteiger partial charge in [0, 0.05) is 18.5 Å². The van der Waals surface area contributed by atoms with Crippen LogP contribution in [-0.4, -0.2) is 30.4 Å². The van der Waals surface area contributed by atoms with Crippen LogP contribution in [0.1, 0.15) is 39.5 Å². The summed E-state index contributed by atoms with van der Waals surface area (Å²) in [6.07, 6.45) is 5.32. The molecule has 15 heavy (non-hydrogen) atoms. The van der Waals surface area contributed by atoms with Gasteiger partial charge in [0.25, 0.3) is 0 Å². The average Bonchev–Trinajstić information content (AvgIpc) is 2.17. The summed E-state index contributed by atoms with van der Waals surface area (Å²) in [6.45, 7) is 9.67. The number of alkyl halides is 1. The van der Waals surface area contributed by atoms with Crippen molar-refractivity contribution in [1.82, 2.24) is 4.90 Å². The SMILES string of the molecule is C=C(CCl)CN(C)C1CCC(C)(C)CC1. The fourth-order valence-corrected chi connectivity index (χ4v) is 2.43. The molecule has 0 atom stereocenters. The van der Waals surface area contributed by atoms with E-state index in [0.717, 1.165) is 18.2 Å². The molecule has 0 saturated heterocycles. The minimum Gasteiger partial charge on any atom is -0.299 e. The molecule has 1 fully saturated rings. The van der Waals surface area contributed by atoms with Crippen molar-refractivity contribution in [2.75, 3.05) is 19.5 Å². The number of likely N-dealkylation sites (N-methyl/N-ethyl adjacent to an activating group) is 1. The molecular formula is C13H24ClN. The second kappa shape index (κ2) is 5.36. The molecule has 0 unspecified atom stereocenters. The van der Waals surface area contributed by atoms with E-state index in [2.05, 4.69) is 32.4 Å². The molecule has 0 aromatic carbocycles. The lowest BCUT2D eigenvalue weighted by Gasteiger charge is -2.38. The van der Waals surface area contributed by atoms with Crippen LogP contribution in [-0.2, 0) is 0 Å². The average molecular weight is 230 g/mol. The highest BCUT2D eigenvalue weighted by Gasteiger charge is 2.28. The Morgan fingerprint density at radius 2 is 1.93 bits per heavy atom. The molecule has 0 heterocycles. The Bertz CT molecular complexity index is 213. The Balaban J connectivity index is 2.36. The minimum atomic E-state index is 0.556. The molecule has 0 N–H and O–H groups in total. The van der Waals surface area contributed by atoms with E-state index in [0.29, 0.717) is 11.3 Å². The van der Waals surface area contributed by atoms with E-state index in [4.69, 9.17) is 11.6 Å². The molecule has 88 valence electrons. The third-order valence-electron chi connectivity index (χ3n) is 3.59. The lowest BCUT2D eigenvalue weighted by molar-refractivity contribution is 0.135. The first kappa shape index (κ1) is 13.1. The van der Waals surface area contributed by atoms with Gasteiger partial charge in [0.05, 0.1) is 0 Å². The minimum absolute atomic E-state index is 0.556. The molecule has 1 rings (SSSR count). The maximum absolute atomic E-state index is 5.75. The summed E-state index contributed by atoms with van der Waals surface area (Å²) >= 11 is 5.75. The fraction of sp³-hybridized carbons (Fsp3) is 0.846. The molecule has 0 bridgehead atoms. The molecule has 0 radical (unpaired) electrons. The van der Waals surface area contributed by atoms with Crippen molar-refractivity contribution < 1.29 is 0 Å². The Morgan fingerprint density at radius 1 is 1.40 bits per heavy atom. The van der Waals surface area contributed by atoms with Gasteiger partial charge >= 0.3 is 0 Å². The highest BCUT2D eigenvalue weighted by atomic mass is 35.5. The maximum Gasteiger partial charge on any atom is 0.0443 e. The van der Waals surface area contributed by atoms with Gasteiger partial charge in [-0.3, -0.25) is 4.90 Å². The quantitative estimate of drug-likeness (QED) is 0.525. The first-order valence-electron chi connectivity index (χ1n) is 5.87.